The molecule has 0 N–H and O–H groups in total. The smallest absolute Gasteiger partial charge is 0.159 e. The highest BCUT2D eigenvalue weighted by atomic mass is 127. The summed E-state index contributed by atoms with van der Waals surface area (Å²) >= 11 is 5.56. The molecule has 1 nitrogen and oxygen atoms in total. The van der Waals surface area contributed by atoms with Crippen molar-refractivity contribution in [2.24, 2.45) is 0 Å². The van der Waals surface area contributed by atoms with Crippen molar-refractivity contribution in [1.82, 2.24) is 0 Å². The Balaban J connectivity index is 3.15. The van der Waals surface area contributed by atoms with Gasteiger partial charge in [-0.3, -0.25) is 4.79 Å². The van der Waals surface area contributed by atoms with Crippen LogP contribution in [0.5, 0.6) is 0 Å². The van der Waals surface area contributed by atoms with Gasteiger partial charge >= 0.3 is 0 Å². The molecule has 11 heavy (non-hydrogen) atoms. The SMILES string of the molecule is CC(=O)c1ccc(I)c(Br)c1. The Bertz CT molecular complexity index is 296. The van der Waals surface area contributed by atoms with E-state index in [0.29, 0.717) is 0 Å². The predicted molar refractivity (Wildman–Crippen MR) is 56.9 cm³/mol. The van der Waals surface area contributed by atoms with E-state index in [1.54, 1.807) is 6.92 Å². The van der Waals surface area contributed by atoms with Gasteiger partial charge in [0.2, 0.25) is 0 Å². The molecule has 0 fully saturated rings. The van der Waals surface area contributed by atoms with Crippen LogP contribution in [0.4, 0.5) is 0 Å². The van der Waals surface area contributed by atoms with Gasteiger partial charge in [-0.25, -0.2) is 0 Å². The first kappa shape index (κ1) is 9.19. The Morgan fingerprint density at radius 2 is 2.18 bits per heavy atom. The van der Waals surface area contributed by atoms with Gasteiger partial charge < -0.3 is 0 Å². The van der Waals surface area contributed by atoms with Crippen LogP contribution in [-0.4, -0.2) is 5.78 Å². The minimum absolute atomic E-state index is 0.0992. The molecule has 1 aromatic carbocycles. The van der Waals surface area contributed by atoms with Crippen LogP contribution in [0, 0.1) is 3.57 Å². The highest BCUT2D eigenvalue weighted by Gasteiger charge is 2.01. The van der Waals surface area contributed by atoms with Gasteiger partial charge in [0.05, 0.1) is 0 Å². The molecule has 3 heteroatoms. The van der Waals surface area contributed by atoms with Gasteiger partial charge in [0.15, 0.2) is 5.78 Å². The lowest BCUT2D eigenvalue weighted by molar-refractivity contribution is 0.101. The molecule has 1 aromatic rings. The van der Waals surface area contributed by atoms with E-state index >= 15 is 0 Å². The average molecular weight is 325 g/mol. The number of carbonyl (C=O) groups is 1. The summed E-state index contributed by atoms with van der Waals surface area (Å²) in [4.78, 5) is 10.9. The van der Waals surface area contributed by atoms with Crippen LogP contribution in [0.3, 0.4) is 0 Å². The monoisotopic (exact) mass is 324 g/mol. The number of hydrogen-bond acceptors (Lipinski definition) is 1. The van der Waals surface area contributed by atoms with Crippen molar-refractivity contribution in [2.75, 3.05) is 0 Å². The molecular weight excluding hydrogens is 319 g/mol. The van der Waals surface area contributed by atoms with Crippen molar-refractivity contribution in [3.63, 3.8) is 0 Å². The standard InChI is InChI=1S/C8H6BrIO/c1-5(11)6-2-3-8(10)7(9)4-6/h2-4H,1H3. The van der Waals surface area contributed by atoms with E-state index in [4.69, 9.17) is 0 Å². The molecule has 0 radical (unpaired) electrons. The van der Waals surface area contributed by atoms with Crippen LogP contribution in [0.2, 0.25) is 0 Å². The largest absolute Gasteiger partial charge is 0.295 e. The number of carbonyl (C=O) groups excluding carboxylic acids is 1. The van der Waals surface area contributed by atoms with Crippen LogP contribution in [0.1, 0.15) is 17.3 Å². The molecule has 0 saturated carbocycles. The highest BCUT2D eigenvalue weighted by molar-refractivity contribution is 14.1. The number of ketones is 1. The molecule has 0 amide bonds. The lowest BCUT2D eigenvalue weighted by atomic mass is 10.2. The number of hydrogen-bond donors (Lipinski definition) is 0. The number of rotatable bonds is 1. The molecule has 0 bridgehead atoms. The third-order valence-corrected chi connectivity index (χ3v) is 3.66. The lowest BCUT2D eigenvalue weighted by Gasteiger charge is -1.97. The van der Waals surface area contributed by atoms with E-state index in [0.717, 1.165) is 13.6 Å². The third-order valence-electron chi connectivity index (χ3n) is 1.33. The summed E-state index contributed by atoms with van der Waals surface area (Å²) in [7, 11) is 0. The fraction of sp³-hybridized carbons (Fsp3) is 0.125. The lowest BCUT2D eigenvalue weighted by Crippen LogP contribution is -1.91. The summed E-state index contributed by atoms with van der Waals surface area (Å²) in [6.07, 6.45) is 0. The fourth-order valence-electron chi connectivity index (χ4n) is 0.715. The normalized spacial score (nSPS) is 9.73. The molecule has 0 spiro atoms. The van der Waals surface area contributed by atoms with E-state index in [1.807, 2.05) is 18.2 Å². The zero-order chi connectivity index (χ0) is 8.43. The molecule has 0 aliphatic carbocycles. The van der Waals surface area contributed by atoms with Crippen molar-refractivity contribution in [3.05, 3.63) is 31.8 Å². The number of benzene rings is 1. The van der Waals surface area contributed by atoms with Crippen LogP contribution in [0.25, 0.3) is 0 Å². The zero-order valence-electron chi connectivity index (χ0n) is 5.90. The van der Waals surface area contributed by atoms with Gasteiger partial charge in [-0.2, -0.15) is 0 Å². The fourth-order valence-corrected chi connectivity index (χ4v) is 1.43. The molecule has 0 aliphatic heterocycles. The van der Waals surface area contributed by atoms with E-state index in [9.17, 15) is 4.79 Å². The second kappa shape index (κ2) is 3.67. The van der Waals surface area contributed by atoms with Crippen molar-refractivity contribution in [1.29, 1.82) is 0 Å². The molecule has 0 atom stereocenters. The summed E-state index contributed by atoms with van der Waals surface area (Å²) in [5.41, 5.74) is 0.747. The van der Waals surface area contributed by atoms with Gasteiger partial charge in [-0.05, 0) is 57.6 Å². The van der Waals surface area contributed by atoms with Gasteiger partial charge in [-0.1, -0.05) is 6.07 Å². The Hall–Kier alpha value is 0.1000. The van der Waals surface area contributed by atoms with Gasteiger partial charge in [0, 0.05) is 13.6 Å². The molecule has 0 saturated heterocycles. The molecule has 58 valence electrons. The maximum atomic E-state index is 10.9. The molecule has 1 rings (SSSR count). The summed E-state index contributed by atoms with van der Waals surface area (Å²) in [6.45, 7) is 1.56. The maximum Gasteiger partial charge on any atom is 0.159 e. The van der Waals surface area contributed by atoms with E-state index in [1.165, 1.54) is 0 Å². The van der Waals surface area contributed by atoms with Gasteiger partial charge in [0.1, 0.15) is 0 Å². The maximum absolute atomic E-state index is 10.9. The second-order valence-electron chi connectivity index (χ2n) is 2.19. The molecular formula is C8H6BrIO. The zero-order valence-corrected chi connectivity index (χ0v) is 9.64. The van der Waals surface area contributed by atoms with E-state index in [-0.39, 0.29) is 5.78 Å². The van der Waals surface area contributed by atoms with Gasteiger partial charge in [0.25, 0.3) is 0 Å². The van der Waals surface area contributed by atoms with Crippen molar-refractivity contribution in [2.45, 2.75) is 6.92 Å². The topological polar surface area (TPSA) is 17.1 Å². The Kier molecular flexibility index (Phi) is 3.06. The summed E-state index contributed by atoms with van der Waals surface area (Å²) in [5, 5.41) is 0. The molecule has 0 heterocycles. The Morgan fingerprint density at radius 1 is 1.55 bits per heavy atom. The first-order valence-corrected chi connectivity index (χ1v) is 4.94. The summed E-state index contributed by atoms with van der Waals surface area (Å²) < 4.78 is 2.10. The third kappa shape index (κ3) is 2.27. The van der Waals surface area contributed by atoms with Crippen LogP contribution < -0.4 is 0 Å². The first-order valence-electron chi connectivity index (χ1n) is 3.07. The average Bonchev–Trinajstić information content (AvgIpc) is 1.94. The molecule has 0 aromatic heterocycles. The minimum Gasteiger partial charge on any atom is -0.295 e. The number of halogens is 2. The quantitative estimate of drug-likeness (QED) is 0.572. The molecule has 0 aliphatic rings. The van der Waals surface area contributed by atoms with Crippen LogP contribution >= 0.6 is 38.5 Å². The van der Waals surface area contributed by atoms with Gasteiger partial charge in [-0.15, -0.1) is 0 Å². The van der Waals surface area contributed by atoms with Crippen molar-refractivity contribution >= 4 is 44.3 Å². The predicted octanol–water partition coefficient (Wildman–Crippen LogP) is 3.26. The van der Waals surface area contributed by atoms with Crippen LogP contribution in [-0.2, 0) is 0 Å². The Morgan fingerprint density at radius 3 is 2.64 bits per heavy atom. The highest BCUT2D eigenvalue weighted by Crippen LogP contribution is 2.20. The molecule has 0 unspecified atom stereocenters. The second-order valence-corrected chi connectivity index (χ2v) is 4.20. The minimum atomic E-state index is 0.0992. The summed E-state index contributed by atoms with van der Waals surface area (Å²) in [6, 6.07) is 5.58. The van der Waals surface area contributed by atoms with Crippen molar-refractivity contribution < 1.29 is 4.79 Å². The van der Waals surface area contributed by atoms with Crippen LogP contribution in [0.15, 0.2) is 22.7 Å². The van der Waals surface area contributed by atoms with E-state index < -0.39 is 0 Å². The Labute approximate surface area is 87.5 Å². The number of Topliss-reactive ketones (excluding diaryl/α,β-unsaturated/α-hetero) is 1. The van der Waals surface area contributed by atoms with Crippen molar-refractivity contribution in [3.8, 4) is 0 Å². The summed E-state index contributed by atoms with van der Waals surface area (Å²) in [5.74, 6) is 0.0992. The van der Waals surface area contributed by atoms with E-state index in [2.05, 4.69) is 38.5 Å². The first-order chi connectivity index (χ1) is 5.11.